The van der Waals surface area contributed by atoms with Crippen molar-refractivity contribution in [1.29, 1.82) is 0 Å². The molecular formula is C25H25BrN2O5. The maximum Gasteiger partial charge on any atom is 0.312 e. The summed E-state index contributed by atoms with van der Waals surface area (Å²) in [4.78, 5) is 42.9. The number of benzene rings is 2. The van der Waals surface area contributed by atoms with Gasteiger partial charge >= 0.3 is 5.97 Å². The smallest absolute Gasteiger partial charge is 0.312 e. The molecule has 2 aromatic rings. The second-order valence-corrected chi connectivity index (χ2v) is 10.0. The molecule has 1 saturated heterocycles. The summed E-state index contributed by atoms with van der Waals surface area (Å²) in [7, 11) is 0. The molecule has 33 heavy (non-hydrogen) atoms. The molecule has 3 aliphatic rings. The number of rotatable bonds is 2. The molecule has 2 amide bonds. The molecule has 1 N–H and O–H groups in total. The Hall–Kier alpha value is -2.87. The maximum atomic E-state index is 14.2. The number of anilines is 1. The molecular weight excluding hydrogens is 488 g/mol. The molecule has 0 bridgehead atoms. The summed E-state index contributed by atoms with van der Waals surface area (Å²) >= 11 is 3.52. The number of amides is 2. The van der Waals surface area contributed by atoms with E-state index in [1.807, 2.05) is 38.1 Å². The van der Waals surface area contributed by atoms with Crippen molar-refractivity contribution in [2.75, 3.05) is 18.5 Å². The highest BCUT2D eigenvalue weighted by Crippen LogP contribution is 2.57. The zero-order valence-electron chi connectivity index (χ0n) is 18.9. The van der Waals surface area contributed by atoms with E-state index in [1.165, 1.54) is 0 Å². The average molecular weight is 513 g/mol. The molecule has 5 rings (SSSR count). The first-order valence-corrected chi connectivity index (χ1v) is 11.8. The summed E-state index contributed by atoms with van der Waals surface area (Å²) in [6.45, 7) is 7.57. The number of carbonyl (C=O) groups is 3. The highest BCUT2D eigenvalue weighted by molar-refractivity contribution is 9.10. The Kier molecular flexibility index (Phi) is 5.04. The number of esters is 1. The molecule has 2 aromatic carbocycles. The van der Waals surface area contributed by atoms with E-state index in [-0.39, 0.29) is 19.1 Å². The van der Waals surface area contributed by atoms with Crippen LogP contribution in [0.25, 0.3) is 0 Å². The number of halogens is 1. The second-order valence-electron chi connectivity index (χ2n) is 9.11. The predicted molar refractivity (Wildman–Crippen MR) is 125 cm³/mol. The van der Waals surface area contributed by atoms with E-state index in [2.05, 4.69) is 21.2 Å². The zero-order chi connectivity index (χ0) is 23.7. The largest absolute Gasteiger partial charge is 0.493 e. The number of hydrogen-bond donors (Lipinski definition) is 1. The van der Waals surface area contributed by atoms with Crippen LogP contribution in [0.3, 0.4) is 0 Å². The molecule has 3 aliphatic heterocycles. The van der Waals surface area contributed by atoms with Crippen LogP contribution in [0, 0.1) is 25.7 Å². The summed E-state index contributed by atoms with van der Waals surface area (Å²) in [6.07, 6.45) is 0. The van der Waals surface area contributed by atoms with E-state index in [1.54, 1.807) is 24.8 Å². The normalized spacial score (nSPS) is 27.4. The van der Waals surface area contributed by atoms with Crippen LogP contribution in [0.5, 0.6) is 5.75 Å². The van der Waals surface area contributed by atoms with Crippen LogP contribution >= 0.6 is 15.9 Å². The SMILES string of the molecule is CCOC(=O)C1C2COc3ccc(Br)cc3C2N2C(=O)c3c(C)cc(C)cc3NC(=O)[C@@]12C. The van der Waals surface area contributed by atoms with Crippen molar-refractivity contribution < 1.29 is 23.9 Å². The first-order chi connectivity index (χ1) is 15.7. The summed E-state index contributed by atoms with van der Waals surface area (Å²) in [5.41, 5.74) is 1.95. The number of nitrogens with zero attached hydrogens (tertiary/aromatic N) is 1. The van der Waals surface area contributed by atoms with Gasteiger partial charge in [0.05, 0.1) is 36.4 Å². The molecule has 0 aliphatic carbocycles. The van der Waals surface area contributed by atoms with Crippen LogP contribution in [-0.4, -0.2) is 41.4 Å². The first-order valence-electron chi connectivity index (χ1n) is 11.0. The van der Waals surface area contributed by atoms with Gasteiger partial charge in [-0.3, -0.25) is 14.4 Å². The third-order valence-electron chi connectivity index (χ3n) is 7.10. The maximum absolute atomic E-state index is 14.2. The third-order valence-corrected chi connectivity index (χ3v) is 7.59. The minimum Gasteiger partial charge on any atom is -0.493 e. The molecule has 7 nitrogen and oxygen atoms in total. The van der Waals surface area contributed by atoms with Crippen LogP contribution in [-0.2, 0) is 14.3 Å². The van der Waals surface area contributed by atoms with E-state index in [0.29, 0.717) is 17.0 Å². The Morgan fingerprint density at radius 2 is 2.03 bits per heavy atom. The van der Waals surface area contributed by atoms with Crippen molar-refractivity contribution in [3.63, 3.8) is 0 Å². The quantitative estimate of drug-likeness (QED) is 0.610. The molecule has 8 heteroatoms. The monoisotopic (exact) mass is 512 g/mol. The van der Waals surface area contributed by atoms with Gasteiger partial charge in [-0.2, -0.15) is 0 Å². The van der Waals surface area contributed by atoms with Gasteiger partial charge in [-0.1, -0.05) is 22.0 Å². The Morgan fingerprint density at radius 1 is 1.27 bits per heavy atom. The number of ether oxygens (including phenoxy) is 2. The van der Waals surface area contributed by atoms with Crippen LogP contribution in [0.2, 0.25) is 0 Å². The van der Waals surface area contributed by atoms with Gasteiger partial charge in [0, 0.05) is 16.0 Å². The summed E-state index contributed by atoms with van der Waals surface area (Å²) in [5.74, 6) is -1.85. The molecule has 1 fully saturated rings. The fourth-order valence-corrected chi connectivity index (χ4v) is 6.18. The summed E-state index contributed by atoms with van der Waals surface area (Å²) < 4.78 is 12.3. The van der Waals surface area contributed by atoms with Gasteiger partial charge in [0.2, 0.25) is 0 Å². The molecule has 3 unspecified atom stereocenters. The van der Waals surface area contributed by atoms with Crippen LogP contribution in [0.15, 0.2) is 34.8 Å². The molecule has 0 saturated carbocycles. The van der Waals surface area contributed by atoms with Gasteiger partial charge < -0.3 is 19.7 Å². The first kappa shape index (κ1) is 21.9. The fourth-order valence-electron chi connectivity index (χ4n) is 5.80. The van der Waals surface area contributed by atoms with Gasteiger partial charge in [-0.15, -0.1) is 0 Å². The summed E-state index contributed by atoms with van der Waals surface area (Å²) in [6, 6.07) is 8.82. The fraction of sp³-hybridized carbons (Fsp3) is 0.400. The van der Waals surface area contributed by atoms with Crippen molar-refractivity contribution >= 4 is 39.4 Å². The molecule has 0 aromatic heterocycles. The minimum atomic E-state index is -1.45. The second kappa shape index (κ2) is 7.58. The lowest BCUT2D eigenvalue weighted by molar-refractivity contribution is -0.155. The van der Waals surface area contributed by atoms with Crippen molar-refractivity contribution in [2.24, 2.45) is 11.8 Å². The molecule has 0 radical (unpaired) electrons. The molecule has 4 atom stereocenters. The zero-order valence-corrected chi connectivity index (χ0v) is 20.5. The van der Waals surface area contributed by atoms with Crippen LogP contribution in [0.1, 0.15) is 46.9 Å². The molecule has 172 valence electrons. The van der Waals surface area contributed by atoms with Crippen molar-refractivity contribution in [3.05, 3.63) is 57.1 Å². The van der Waals surface area contributed by atoms with Gasteiger partial charge in [0.1, 0.15) is 11.3 Å². The number of nitrogens with one attached hydrogen (secondary N) is 1. The standard InChI is InChI=1S/C25H25BrN2O5/c1-5-32-23(30)20-16-11-33-18-7-6-14(26)10-15(18)21(16)28-22(29)19-13(3)8-12(2)9-17(19)27-24(31)25(20,28)4/h6-10,16,20-21H,5,11H2,1-4H3,(H,27,31)/t16?,20?,21?,25-/m1/s1. The lowest BCUT2D eigenvalue weighted by atomic mass is 9.77. The molecule has 0 spiro atoms. The number of fused-ring (bicyclic) bond motifs is 6. The van der Waals surface area contributed by atoms with Crippen molar-refractivity contribution in [1.82, 2.24) is 4.90 Å². The minimum absolute atomic E-state index is 0.180. The summed E-state index contributed by atoms with van der Waals surface area (Å²) in [5, 5.41) is 2.96. The van der Waals surface area contributed by atoms with Crippen molar-refractivity contribution in [2.45, 2.75) is 39.3 Å². The predicted octanol–water partition coefficient (Wildman–Crippen LogP) is 4.16. The van der Waals surface area contributed by atoms with Gasteiger partial charge in [0.25, 0.3) is 11.8 Å². The number of aryl methyl sites for hydroxylation is 2. The Balaban J connectivity index is 1.78. The Labute approximate surface area is 200 Å². The topological polar surface area (TPSA) is 84.9 Å². The lowest BCUT2D eigenvalue weighted by Crippen LogP contribution is -2.57. The third kappa shape index (κ3) is 3.03. The van der Waals surface area contributed by atoms with Gasteiger partial charge in [-0.05, 0) is 63.1 Å². The number of carbonyl (C=O) groups excluding carboxylic acids is 3. The number of hydrogen-bond acceptors (Lipinski definition) is 5. The highest BCUT2D eigenvalue weighted by Gasteiger charge is 2.67. The van der Waals surface area contributed by atoms with E-state index in [9.17, 15) is 14.4 Å². The van der Waals surface area contributed by atoms with Crippen LogP contribution < -0.4 is 10.1 Å². The van der Waals surface area contributed by atoms with Crippen LogP contribution in [0.4, 0.5) is 5.69 Å². The highest BCUT2D eigenvalue weighted by atomic mass is 79.9. The van der Waals surface area contributed by atoms with E-state index < -0.39 is 35.3 Å². The van der Waals surface area contributed by atoms with Gasteiger partial charge in [-0.25, -0.2) is 0 Å². The van der Waals surface area contributed by atoms with Gasteiger partial charge in [0.15, 0.2) is 0 Å². The van der Waals surface area contributed by atoms with E-state index in [0.717, 1.165) is 21.2 Å². The Bertz CT molecular complexity index is 1210. The van der Waals surface area contributed by atoms with E-state index in [4.69, 9.17) is 9.47 Å². The average Bonchev–Trinajstić information content (AvgIpc) is 2.98. The van der Waals surface area contributed by atoms with E-state index >= 15 is 0 Å². The Morgan fingerprint density at radius 3 is 2.76 bits per heavy atom. The lowest BCUT2D eigenvalue weighted by Gasteiger charge is -2.38. The molecule has 3 heterocycles. The van der Waals surface area contributed by atoms with Crippen molar-refractivity contribution in [3.8, 4) is 5.75 Å².